The maximum absolute atomic E-state index is 11.0. The van der Waals surface area contributed by atoms with Crippen molar-refractivity contribution in [2.75, 3.05) is 6.61 Å². The summed E-state index contributed by atoms with van der Waals surface area (Å²) in [6.45, 7) is 0.368. The van der Waals surface area contributed by atoms with E-state index in [0.717, 1.165) is 5.56 Å². The highest BCUT2D eigenvalue weighted by Crippen LogP contribution is 2.32. The van der Waals surface area contributed by atoms with Gasteiger partial charge in [0.25, 0.3) is 0 Å². The second-order valence-electron chi connectivity index (χ2n) is 4.18. The quantitative estimate of drug-likeness (QED) is 0.710. The predicted octanol–water partition coefficient (Wildman–Crippen LogP) is 2.10. The zero-order valence-corrected chi connectivity index (χ0v) is 9.61. The maximum Gasteiger partial charge on any atom is 0.241 e. The molecule has 1 spiro atoms. The Morgan fingerprint density at radius 2 is 1.83 bits per heavy atom. The number of carbonyl (C=O) groups excluding carboxylic acids is 1. The minimum Gasteiger partial charge on any atom is -0.338 e. The first-order valence-corrected chi connectivity index (χ1v) is 5.73. The van der Waals surface area contributed by atoms with Crippen LogP contribution in [0.5, 0.6) is 0 Å². The number of rotatable bonds is 1. The summed E-state index contributed by atoms with van der Waals surface area (Å²) < 4.78 is 5.65. The number of allylic oxidation sites excluding steroid dienone is 2. The van der Waals surface area contributed by atoms with Crippen molar-refractivity contribution in [3.8, 4) is 0 Å². The summed E-state index contributed by atoms with van der Waals surface area (Å²) in [4.78, 5) is 21.7. The number of carbonyl (C=O) groups is 1. The molecule has 1 aromatic rings. The molecule has 1 aromatic carbocycles. The van der Waals surface area contributed by atoms with Crippen molar-refractivity contribution in [1.82, 2.24) is 0 Å². The number of ether oxygens (including phenoxy) is 1. The van der Waals surface area contributed by atoms with Gasteiger partial charge in [-0.2, -0.15) is 4.89 Å². The van der Waals surface area contributed by atoms with Crippen molar-refractivity contribution in [2.24, 2.45) is 0 Å². The third kappa shape index (κ3) is 2.13. The fraction of sp³-hybridized carbons (Fsp3) is 0.214. The van der Waals surface area contributed by atoms with E-state index in [1.807, 2.05) is 30.3 Å². The molecule has 0 saturated carbocycles. The first kappa shape index (κ1) is 11.3. The Bertz CT molecular complexity index is 478. The molecule has 0 radical (unpaired) electrons. The Morgan fingerprint density at radius 3 is 2.44 bits per heavy atom. The van der Waals surface area contributed by atoms with E-state index in [2.05, 4.69) is 0 Å². The number of benzene rings is 1. The summed E-state index contributed by atoms with van der Waals surface area (Å²) in [5, 5.41) is 0. The molecule has 0 amide bonds. The Hall–Kier alpha value is -1.75. The van der Waals surface area contributed by atoms with Crippen molar-refractivity contribution < 1.29 is 19.3 Å². The van der Waals surface area contributed by atoms with Gasteiger partial charge in [-0.3, -0.25) is 4.79 Å². The normalized spacial score (nSPS) is 25.6. The van der Waals surface area contributed by atoms with Gasteiger partial charge >= 0.3 is 0 Å². The van der Waals surface area contributed by atoms with Crippen LogP contribution in [0.2, 0.25) is 0 Å². The second kappa shape index (κ2) is 4.49. The number of ketones is 1. The smallest absolute Gasteiger partial charge is 0.241 e. The SMILES string of the molecule is O=C1C=CC2(C=C1)OCC(c1ccccc1)OO2. The minimum absolute atomic E-state index is 0.0852. The van der Waals surface area contributed by atoms with Crippen LogP contribution in [-0.4, -0.2) is 18.2 Å². The first-order chi connectivity index (χ1) is 8.77. The zero-order valence-electron chi connectivity index (χ0n) is 9.61. The molecule has 18 heavy (non-hydrogen) atoms. The van der Waals surface area contributed by atoms with Crippen molar-refractivity contribution >= 4 is 5.78 Å². The fourth-order valence-corrected chi connectivity index (χ4v) is 1.87. The molecule has 1 heterocycles. The summed E-state index contributed by atoms with van der Waals surface area (Å²) in [7, 11) is 0. The van der Waals surface area contributed by atoms with Gasteiger partial charge in [0.05, 0.1) is 6.61 Å². The van der Waals surface area contributed by atoms with Gasteiger partial charge in [0.15, 0.2) is 5.78 Å². The largest absolute Gasteiger partial charge is 0.338 e. The van der Waals surface area contributed by atoms with Gasteiger partial charge in [0.2, 0.25) is 5.79 Å². The average Bonchev–Trinajstić information content (AvgIpc) is 2.44. The molecule has 1 fully saturated rings. The van der Waals surface area contributed by atoms with Gasteiger partial charge in [-0.05, 0) is 29.9 Å². The van der Waals surface area contributed by atoms with Gasteiger partial charge < -0.3 is 4.74 Å². The van der Waals surface area contributed by atoms with Crippen LogP contribution in [0.1, 0.15) is 11.7 Å². The highest BCUT2D eigenvalue weighted by atomic mass is 17.2. The van der Waals surface area contributed by atoms with E-state index in [-0.39, 0.29) is 11.9 Å². The summed E-state index contributed by atoms with van der Waals surface area (Å²) in [6.07, 6.45) is 5.67. The molecule has 1 atom stereocenters. The molecule has 92 valence electrons. The Kier molecular flexibility index (Phi) is 2.83. The summed E-state index contributed by atoms with van der Waals surface area (Å²) in [5.41, 5.74) is 0.993. The van der Waals surface area contributed by atoms with E-state index in [1.165, 1.54) is 12.2 Å². The topological polar surface area (TPSA) is 44.8 Å². The molecule has 0 bridgehead atoms. The van der Waals surface area contributed by atoms with E-state index in [0.29, 0.717) is 6.61 Å². The summed E-state index contributed by atoms with van der Waals surface area (Å²) >= 11 is 0. The lowest BCUT2D eigenvalue weighted by molar-refractivity contribution is -0.460. The highest BCUT2D eigenvalue weighted by Gasteiger charge is 2.37. The molecule has 1 unspecified atom stereocenters. The van der Waals surface area contributed by atoms with E-state index < -0.39 is 5.79 Å². The number of hydrogen-bond donors (Lipinski definition) is 0. The zero-order chi connectivity index (χ0) is 12.4. The summed E-state index contributed by atoms with van der Waals surface area (Å²) in [5.74, 6) is -1.14. The molecule has 1 aliphatic heterocycles. The van der Waals surface area contributed by atoms with Crippen LogP contribution in [0.3, 0.4) is 0 Å². The Labute approximate surface area is 104 Å². The molecule has 1 saturated heterocycles. The van der Waals surface area contributed by atoms with E-state index in [1.54, 1.807) is 12.2 Å². The van der Waals surface area contributed by atoms with Gasteiger partial charge in [0, 0.05) is 0 Å². The standard InChI is InChI=1S/C14H12O4/c15-12-6-8-14(9-7-12)16-10-13(17-18-14)11-4-2-1-3-5-11/h1-9,13H,10H2. The van der Waals surface area contributed by atoms with Gasteiger partial charge in [-0.1, -0.05) is 30.3 Å². The lowest BCUT2D eigenvalue weighted by atomic mass is 10.1. The van der Waals surface area contributed by atoms with E-state index in [4.69, 9.17) is 14.5 Å². The second-order valence-corrected chi connectivity index (χ2v) is 4.18. The third-order valence-corrected chi connectivity index (χ3v) is 2.89. The molecular formula is C14H12O4. The Morgan fingerprint density at radius 1 is 1.11 bits per heavy atom. The monoisotopic (exact) mass is 244 g/mol. The van der Waals surface area contributed by atoms with E-state index in [9.17, 15) is 4.79 Å². The van der Waals surface area contributed by atoms with Gasteiger partial charge in [-0.25, -0.2) is 4.89 Å². The summed E-state index contributed by atoms with van der Waals surface area (Å²) in [6, 6.07) is 9.70. The third-order valence-electron chi connectivity index (χ3n) is 2.89. The number of hydrogen-bond acceptors (Lipinski definition) is 4. The molecule has 4 nitrogen and oxygen atoms in total. The first-order valence-electron chi connectivity index (χ1n) is 5.73. The molecular weight excluding hydrogens is 232 g/mol. The van der Waals surface area contributed by atoms with Crippen molar-refractivity contribution in [3.63, 3.8) is 0 Å². The maximum atomic E-state index is 11.0. The van der Waals surface area contributed by atoms with Crippen molar-refractivity contribution in [1.29, 1.82) is 0 Å². The lowest BCUT2D eigenvalue weighted by Gasteiger charge is -2.35. The minimum atomic E-state index is -1.06. The average molecular weight is 244 g/mol. The van der Waals surface area contributed by atoms with Crippen molar-refractivity contribution in [2.45, 2.75) is 11.9 Å². The molecule has 4 heteroatoms. The molecule has 0 N–H and O–H groups in total. The highest BCUT2D eigenvalue weighted by molar-refractivity contribution is 6.00. The molecule has 2 aliphatic rings. The van der Waals surface area contributed by atoms with Crippen LogP contribution in [0.15, 0.2) is 54.6 Å². The van der Waals surface area contributed by atoms with Gasteiger partial charge in [-0.15, -0.1) is 0 Å². The van der Waals surface area contributed by atoms with Crippen LogP contribution in [0, 0.1) is 0 Å². The molecule has 1 aliphatic carbocycles. The van der Waals surface area contributed by atoms with Crippen LogP contribution < -0.4 is 0 Å². The Balaban J connectivity index is 1.70. The molecule has 3 rings (SSSR count). The van der Waals surface area contributed by atoms with Crippen LogP contribution in [0.25, 0.3) is 0 Å². The van der Waals surface area contributed by atoms with E-state index >= 15 is 0 Å². The predicted molar refractivity (Wildman–Crippen MR) is 63.3 cm³/mol. The lowest BCUT2D eigenvalue weighted by Crippen LogP contribution is -2.40. The van der Waals surface area contributed by atoms with Gasteiger partial charge in [0.1, 0.15) is 6.10 Å². The van der Waals surface area contributed by atoms with Crippen molar-refractivity contribution in [3.05, 3.63) is 60.2 Å². The van der Waals surface area contributed by atoms with Crippen LogP contribution in [-0.2, 0) is 19.3 Å². The molecule has 0 aromatic heterocycles. The van der Waals surface area contributed by atoms with Crippen LogP contribution >= 0.6 is 0 Å². The fourth-order valence-electron chi connectivity index (χ4n) is 1.87. The van der Waals surface area contributed by atoms with Crippen LogP contribution in [0.4, 0.5) is 0 Å².